The van der Waals surface area contributed by atoms with E-state index in [1.807, 2.05) is 0 Å². The number of aromatic nitrogens is 4. The number of nitrogens with two attached hydrogens (primary N) is 1. The van der Waals surface area contributed by atoms with Gasteiger partial charge in [-0.05, 0) is 49.7 Å². The number of halogens is 3. The van der Waals surface area contributed by atoms with Gasteiger partial charge < -0.3 is 5.73 Å². The van der Waals surface area contributed by atoms with Gasteiger partial charge in [0.15, 0.2) is 0 Å². The van der Waals surface area contributed by atoms with Crippen molar-refractivity contribution in [3.8, 4) is 16.9 Å². The van der Waals surface area contributed by atoms with Gasteiger partial charge in [-0.25, -0.2) is 4.68 Å². The predicted octanol–water partition coefficient (Wildman–Crippen LogP) is 3.27. The predicted molar refractivity (Wildman–Crippen MR) is 102 cm³/mol. The highest BCUT2D eigenvalue weighted by Crippen LogP contribution is 2.32. The summed E-state index contributed by atoms with van der Waals surface area (Å²) >= 11 is 0. The number of likely N-dealkylation sites (tertiary alicyclic amines) is 1. The zero-order valence-electron chi connectivity index (χ0n) is 15.7. The summed E-state index contributed by atoms with van der Waals surface area (Å²) in [7, 11) is 0. The summed E-state index contributed by atoms with van der Waals surface area (Å²) in [6.45, 7) is 2.19. The molecule has 3 heterocycles. The molecule has 1 aliphatic rings. The van der Waals surface area contributed by atoms with Gasteiger partial charge in [0.2, 0.25) is 0 Å². The highest BCUT2D eigenvalue weighted by Gasteiger charge is 2.31. The van der Waals surface area contributed by atoms with E-state index in [2.05, 4.69) is 20.2 Å². The molecular formula is C20H21F3N6. The monoisotopic (exact) mass is 402 g/mol. The van der Waals surface area contributed by atoms with E-state index in [-0.39, 0.29) is 6.04 Å². The Labute approximate surface area is 166 Å². The fourth-order valence-electron chi connectivity index (χ4n) is 3.66. The molecule has 0 bridgehead atoms. The minimum Gasteiger partial charge on any atom is -0.327 e. The third kappa shape index (κ3) is 4.30. The van der Waals surface area contributed by atoms with E-state index in [9.17, 15) is 13.2 Å². The van der Waals surface area contributed by atoms with Crippen LogP contribution in [0.25, 0.3) is 16.9 Å². The lowest BCUT2D eigenvalue weighted by Gasteiger charge is -2.30. The number of nitrogens with zero attached hydrogens (tertiary/aromatic N) is 5. The SMILES string of the molecule is NC1CCCN(Cc2nnn(-c3cccc(C(F)(F)F)c3)c2-c2ccncc2)C1. The molecule has 0 radical (unpaired) electrons. The molecule has 9 heteroatoms. The van der Waals surface area contributed by atoms with Gasteiger partial charge in [-0.3, -0.25) is 9.88 Å². The van der Waals surface area contributed by atoms with Crippen LogP contribution < -0.4 is 5.73 Å². The number of hydrogen-bond donors (Lipinski definition) is 1. The Bertz CT molecular complexity index is 970. The van der Waals surface area contributed by atoms with Crippen LogP contribution in [0.4, 0.5) is 13.2 Å². The number of pyridine rings is 1. The molecule has 2 aromatic heterocycles. The zero-order valence-corrected chi connectivity index (χ0v) is 15.7. The molecule has 1 atom stereocenters. The van der Waals surface area contributed by atoms with Crippen LogP contribution in [0.1, 0.15) is 24.1 Å². The molecule has 2 N–H and O–H groups in total. The molecule has 3 aromatic rings. The molecule has 152 valence electrons. The lowest BCUT2D eigenvalue weighted by atomic mass is 10.1. The number of hydrogen-bond acceptors (Lipinski definition) is 5. The minimum absolute atomic E-state index is 0.117. The van der Waals surface area contributed by atoms with E-state index in [0.717, 1.165) is 43.6 Å². The summed E-state index contributed by atoms with van der Waals surface area (Å²) in [6.07, 6.45) is 0.844. The Morgan fingerprint density at radius 2 is 1.93 bits per heavy atom. The second kappa shape index (κ2) is 7.92. The molecule has 6 nitrogen and oxygen atoms in total. The van der Waals surface area contributed by atoms with E-state index in [0.29, 0.717) is 23.6 Å². The van der Waals surface area contributed by atoms with Crippen LogP contribution in [-0.2, 0) is 12.7 Å². The third-order valence-electron chi connectivity index (χ3n) is 5.03. The average molecular weight is 402 g/mol. The van der Waals surface area contributed by atoms with Crippen LogP contribution >= 0.6 is 0 Å². The van der Waals surface area contributed by atoms with Gasteiger partial charge in [-0.1, -0.05) is 11.3 Å². The normalized spacial score (nSPS) is 18.1. The first-order valence-electron chi connectivity index (χ1n) is 9.42. The second-order valence-electron chi connectivity index (χ2n) is 7.22. The lowest BCUT2D eigenvalue weighted by Crippen LogP contribution is -2.42. The maximum absolute atomic E-state index is 13.2. The topological polar surface area (TPSA) is 72.9 Å². The first-order valence-corrected chi connectivity index (χ1v) is 9.42. The zero-order chi connectivity index (χ0) is 20.4. The average Bonchev–Trinajstić information content (AvgIpc) is 3.11. The van der Waals surface area contributed by atoms with Gasteiger partial charge in [0.1, 0.15) is 5.69 Å². The molecule has 29 heavy (non-hydrogen) atoms. The largest absolute Gasteiger partial charge is 0.416 e. The summed E-state index contributed by atoms with van der Waals surface area (Å²) in [5.41, 5.74) is 7.81. The summed E-state index contributed by atoms with van der Waals surface area (Å²) in [5.74, 6) is 0. The van der Waals surface area contributed by atoms with Gasteiger partial charge in [0, 0.05) is 37.1 Å². The molecular weight excluding hydrogens is 381 g/mol. The first-order chi connectivity index (χ1) is 13.9. The van der Waals surface area contributed by atoms with Crippen molar-refractivity contribution >= 4 is 0 Å². The Kier molecular flexibility index (Phi) is 5.33. The van der Waals surface area contributed by atoms with E-state index in [1.165, 1.54) is 10.7 Å². The van der Waals surface area contributed by atoms with Crippen molar-refractivity contribution in [2.75, 3.05) is 13.1 Å². The first kappa shape index (κ1) is 19.5. The van der Waals surface area contributed by atoms with Gasteiger partial charge in [-0.15, -0.1) is 5.10 Å². The molecule has 1 aromatic carbocycles. The van der Waals surface area contributed by atoms with Crippen molar-refractivity contribution in [2.45, 2.75) is 31.6 Å². The van der Waals surface area contributed by atoms with E-state index in [1.54, 1.807) is 30.6 Å². The number of piperidine rings is 1. The van der Waals surface area contributed by atoms with Crippen LogP contribution in [0.2, 0.25) is 0 Å². The number of rotatable bonds is 4. The Hall–Kier alpha value is -2.78. The van der Waals surface area contributed by atoms with E-state index in [4.69, 9.17) is 5.73 Å². The maximum Gasteiger partial charge on any atom is 0.416 e. The quantitative estimate of drug-likeness (QED) is 0.725. The van der Waals surface area contributed by atoms with Gasteiger partial charge in [0.05, 0.1) is 16.9 Å². The van der Waals surface area contributed by atoms with Gasteiger partial charge in [-0.2, -0.15) is 13.2 Å². The molecule has 1 unspecified atom stereocenters. The molecule has 4 rings (SSSR count). The van der Waals surface area contributed by atoms with Crippen LogP contribution in [0, 0.1) is 0 Å². The molecule has 1 fully saturated rings. The van der Waals surface area contributed by atoms with Crippen molar-refractivity contribution in [3.63, 3.8) is 0 Å². The molecule has 1 aliphatic heterocycles. The van der Waals surface area contributed by atoms with Crippen molar-refractivity contribution < 1.29 is 13.2 Å². The third-order valence-corrected chi connectivity index (χ3v) is 5.03. The van der Waals surface area contributed by atoms with Crippen LogP contribution in [0.5, 0.6) is 0 Å². The Morgan fingerprint density at radius 3 is 2.66 bits per heavy atom. The smallest absolute Gasteiger partial charge is 0.327 e. The standard InChI is InChI=1S/C20H21F3N6/c21-20(22,23)15-3-1-5-17(11-15)29-19(14-6-8-25-9-7-14)18(26-27-29)13-28-10-2-4-16(24)12-28/h1,3,5-9,11,16H,2,4,10,12-13,24H2. The second-order valence-corrected chi connectivity index (χ2v) is 7.22. The Morgan fingerprint density at radius 1 is 1.14 bits per heavy atom. The van der Waals surface area contributed by atoms with Gasteiger partial charge >= 0.3 is 6.18 Å². The molecule has 1 saturated heterocycles. The maximum atomic E-state index is 13.2. The highest BCUT2D eigenvalue weighted by atomic mass is 19.4. The fraction of sp³-hybridized carbons (Fsp3) is 0.350. The summed E-state index contributed by atoms with van der Waals surface area (Å²) in [6, 6.07) is 8.81. The van der Waals surface area contributed by atoms with Crippen molar-refractivity contribution in [1.82, 2.24) is 24.9 Å². The van der Waals surface area contributed by atoms with Crippen LogP contribution in [0.15, 0.2) is 48.8 Å². The van der Waals surface area contributed by atoms with Crippen LogP contribution in [-0.4, -0.2) is 44.0 Å². The van der Waals surface area contributed by atoms with E-state index < -0.39 is 11.7 Å². The highest BCUT2D eigenvalue weighted by molar-refractivity contribution is 5.64. The summed E-state index contributed by atoms with van der Waals surface area (Å²) in [5, 5.41) is 8.50. The van der Waals surface area contributed by atoms with Gasteiger partial charge in [0.25, 0.3) is 0 Å². The molecule has 0 aliphatic carbocycles. The van der Waals surface area contributed by atoms with E-state index >= 15 is 0 Å². The van der Waals surface area contributed by atoms with Crippen molar-refractivity contribution in [1.29, 1.82) is 0 Å². The molecule has 0 amide bonds. The van der Waals surface area contributed by atoms with Crippen LogP contribution in [0.3, 0.4) is 0 Å². The van der Waals surface area contributed by atoms with Crippen molar-refractivity contribution in [3.05, 3.63) is 60.0 Å². The molecule has 0 saturated carbocycles. The lowest BCUT2D eigenvalue weighted by molar-refractivity contribution is -0.137. The fourth-order valence-corrected chi connectivity index (χ4v) is 3.66. The summed E-state index contributed by atoms with van der Waals surface area (Å²) < 4.78 is 41.0. The Balaban J connectivity index is 1.76. The molecule has 0 spiro atoms. The number of alkyl halides is 3. The summed E-state index contributed by atoms with van der Waals surface area (Å²) in [4.78, 5) is 6.24. The van der Waals surface area contributed by atoms with Crippen molar-refractivity contribution in [2.24, 2.45) is 5.73 Å². The number of benzene rings is 1. The minimum atomic E-state index is -4.43.